The Kier molecular flexibility index (Phi) is 14.3. The molecular formula is C54H63FN8O4. The van der Waals surface area contributed by atoms with Crippen LogP contribution in [0, 0.1) is 29.5 Å². The Hall–Kier alpha value is -6.10. The number of aryl methyl sites for hydroxylation is 1. The number of urea groups is 1. The van der Waals surface area contributed by atoms with Crippen LogP contribution < -0.4 is 15.5 Å². The highest BCUT2D eigenvalue weighted by Crippen LogP contribution is 2.35. The molecule has 5 amide bonds. The Balaban J connectivity index is 0.690. The molecule has 1 unspecified atom stereocenters. The van der Waals surface area contributed by atoms with Crippen LogP contribution in [0.1, 0.15) is 105 Å². The molecule has 2 N–H and O–H groups in total. The van der Waals surface area contributed by atoms with Crippen molar-refractivity contribution in [1.29, 1.82) is 0 Å². The van der Waals surface area contributed by atoms with Gasteiger partial charge in [-0.25, -0.2) is 9.18 Å². The van der Waals surface area contributed by atoms with E-state index in [-0.39, 0.29) is 41.9 Å². The molecule has 4 aromatic carbocycles. The molecule has 0 radical (unpaired) electrons. The first kappa shape index (κ1) is 46.0. The fourth-order valence-corrected chi connectivity index (χ4v) is 10.7. The summed E-state index contributed by atoms with van der Waals surface area (Å²) in [4.78, 5) is 59.0. The molecule has 0 saturated carbocycles. The zero-order valence-electron chi connectivity index (χ0n) is 38.9. The molecule has 0 spiro atoms. The van der Waals surface area contributed by atoms with Crippen LogP contribution >= 0.6 is 0 Å². The Morgan fingerprint density at radius 3 is 2.37 bits per heavy atom. The van der Waals surface area contributed by atoms with Gasteiger partial charge in [-0.2, -0.15) is 5.10 Å². The molecule has 5 heterocycles. The molecule has 1 aromatic heterocycles. The van der Waals surface area contributed by atoms with Crippen LogP contribution in [0.4, 0.5) is 15.0 Å². The van der Waals surface area contributed by atoms with Crippen molar-refractivity contribution >= 4 is 51.2 Å². The summed E-state index contributed by atoms with van der Waals surface area (Å²) in [6, 6.07) is 25.5. The number of hydrogen-bond donors (Lipinski definition) is 2. The molecule has 4 saturated heterocycles. The van der Waals surface area contributed by atoms with Crippen LogP contribution in [-0.4, -0.2) is 101 Å². The summed E-state index contributed by atoms with van der Waals surface area (Å²) in [6.45, 7) is 9.22. The molecule has 350 valence electrons. The van der Waals surface area contributed by atoms with Gasteiger partial charge in [0.05, 0.1) is 5.52 Å². The number of carbonyl (C=O) groups excluding carboxylic acids is 4. The molecule has 4 aliphatic rings. The number of benzene rings is 4. The van der Waals surface area contributed by atoms with E-state index in [1.807, 2.05) is 24.1 Å². The largest absolute Gasteiger partial charge is 0.352 e. The van der Waals surface area contributed by atoms with Gasteiger partial charge in [0.15, 0.2) is 5.82 Å². The number of carbonyl (C=O) groups is 4. The average molecular weight is 907 g/mol. The highest BCUT2D eigenvalue weighted by atomic mass is 19.1. The van der Waals surface area contributed by atoms with Crippen molar-refractivity contribution in [1.82, 2.24) is 35.1 Å². The fraction of sp³-hybridized carbons (Fsp3) is 0.463. The van der Waals surface area contributed by atoms with E-state index in [1.54, 1.807) is 10.7 Å². The monoisotopic (exact) mass is 906 g/mol. The molecule has 9 rings (SSSR count). The second-order valence-corrected chi connectivity index (χ2v) is 19.1. The maximum Gasteiger partial charge on any atom is 0.329 e. The van der Waals surface area contributed by atoms with Crippen molar-refractivity contribution < 1.29 is 23.6 Å². The lowest BCUT2D eigenvalue weighted by molar-refractivity contribution is -0.132. The number of nitrogens with zero attached hydrogens (tertiary/aromatic N) is 6. The number of rotatable bonds is 12. The minimum atomic E-state index is -0.434. The van der Waals surface area contributed by atoms with Gasteiger partial charge in [-0.1, -0.05) is 60.4 Å². The van der Waals surface area contributed by atoms with Crippen molar-refractivity contribution in [2.24, 2.45) is 18.9 Å². The van der Waals surface area contributed by atoms with Crippen LogP contribution in [0.3, 0.4) is 0 Å². The zero-order valence-corrected chi connectivity index (χ0v) is 38.9. The number of likely N-dealkylation sites (tertiary alicyclic amines) is 3. The minimum Gasteiger partial charge on any atom is -0.352 e. The molecule has 12 nitrogen and oxygen atoms in total. The SMILES string of the molecule is CC(c1ccc(C#CC2CCN(CCCCC(=O)N3CCC(c4ccc5c(N6CCC(=O)NC6=O)nn(C)c5c4)CC3)CC2)c2ccccc12)N1CCC(C(=O)NCc2cccc(F)c2)CC1. The normalized spacial score (nSPS) is 18.8. The second-order valence-electron chi connectivity index (χ2n) is 19.1. The Morgan fingerprint density at radius 2 is 1.61 bits per heavy atom. The third kappa shape index (κ3) is 10.7. The second kappa shape index (κ2) is 20.8. The Bertz CT molecular complexity index is 2680. The van der Waals surface area contributed by atoms with E-state index in [2.05, 4.69) is 92.8 Å². The molecule has 4 aliphatic heterocycles. The van der Waals surface area contributed by atoms with Crippen LogP contribution in [0.2, 0.25) is 0 Å². The van der Waals surface area contributed by atoms with Crippen LogP contribution in [-0.2, 0) is 28.0 Å². The molecule has 13 heteroatoms. The topological polar surface area (TPSA) is 123 Å². The van der Waals surface area contributed by atoms with Gasteiger partial charge in [0.1, 0.15) is 5.82 Å². The summed E-state index contributed by atoms with van der Waals surface area (Å²) in [5.41, 5.74) is 5.31. The predicted octanol–water partition coefficient (Wildman–Crippen LogP) is 8.04. The number of halogens is 1. The summed E-state index contributed by atoms with van der Waals surface area (Å²) >= 11 is 0. The number of hydrogen-bond acceptors (Lipinski definition) is 7. The highest BCUT2D eigenvalue weighted by Gasteiger charge is 2.31. The summed E-state index contributed by atoms with van der Waals surface area (Å²) < 4.78 is 15.4. The van der Waals surface area contributed by atoms with Gasteiger partial charge in [0.2, 0.25) is 17.7 Å². The van der Waals surface area contributed by atoms with Gasteiger partial charge in [0.25, 0.3) is 0 Å². The van der Waals surface area contributed by atoms with E-state index in [1.165, 1.54) is 38.9 Å². The van der Waals surface area contributed by atoms with E-state index in [0.29, 0.717) is 37.2 Å². The molecule has 4 fully saturated rings. The Labute approximate surface area is 393 Å². The zero-order chi connectivity index (χ0) is 46.4. The molecule has 5 aromatic rings. The van der Waals surface area contributed by atoms with Crippen molar-refractivity contribution in [3.8, 4) is 11.8 Å². The lowest BCUT2D eigenvalue weighted by Crippen LogP contribution is -2.49. The number of unbranched alkanes of at least 4 members (excludes halogenated alkanes) is 1. The van der Waals surface area contributed by atoms with Crippen molar-refractivity contribution in [3.63, 3.8) is 0 Å². The standard InChI is InChI=1S/C54H63FN8O4/c1-37(61-29-23-42(24-30-61)53(66)56-36-39-8-7-9-44(55)34-39)45-17-15-41(46-10-3-4-11-47(45)46)14-13-38-19-27-60(28-20-38)26-6-5-12-51(65)62-31-21-40(22-32-62)43-16-18-48-49(35-43)59(2)58-52(48)63-33-25-50(64)57-54(63)67/h3-4,7-11,15-18,34-35,37-38,40,42H,5-6,12,19-33,36H2,1-2H3,(H,56,66)(H,57,64,67). The van der Waals surface area contributed by atoms with Crippen LogP contribution in [0.25, 0.3) is 21.7 Å². The van der Waals surface area contributed by atoms with Gasteiger partial charge in [0, 0.05) is 74.9 Å². The van der Waals surface area contributed by atoms with E-state index >= 15 is 0 Å². The minimum absolute atomic E-state index is 0.0368. The van der Waals surface area contributed by atoms with E-state index < -0.39 is 6.03 Å². The third-order valence-electron chi connectivity index (χ3n) is 14.8. The Morgan fingerprint density at radius 1 is 0.836 bits per heavy atom. The summed E-state index contributed by atoms with van der Waals surface area (Å²) in [7, 11) is 1.88. The number of imide groups is 1. The summed E-state index contributed by atoms with van der Waals surface area (Å²) in [5, 5.41) is 13.3. The maximum atomic E-state index is 13.6. The van der Waals surface area contributed by atoms with Gasteiger partial charge in [-0.05, 0) is 155 Å². The highest BCUT2D eigenvalue weighted by molar-refractivity contribution is 6.08. The molecule has 0 bridgehead atoms. The van der Waals surface area contributed by atoms with Crippen LogP contribution in [0.15, 0.2) is 78.9 Å². The predicted molar refractivity (Wildman–Crippen MR) is 260 cm³/mol. The van der Waals surface area contributed by atoms with Gasteiger partial charge >= 0.3 is 6.03 Å². The van der Waals surface area contributed by atoms with Crippen molar-refractivity contribution in [3.05, 3.63) is 107 Å². The fourth-order valence-electron chi connectivity index (χ4n) is 10.7. The van der Waals surface area contributed by atoms with Gasteiger partial charge in [-0.3, -0.25) is 34.2 Å². The molecule has 0 aliphatic carbocycles. The summed E-state index contributed by atoms with van der Waals surface area (Å²) in [6.07, 6.45) is 8.31. The van der Waals surface area contributed by atoms with E-state index in [4.69, 9.17) is 0 Å². The molecule has 1 atom stereocenters. The first-order valence-corrected chi connectivity index (χ1v) is 24.5. The first-order valence-electron chi connectivity index (χ1n) is 24.5. The molecule has 67 heavy (non-hydrogen) atoms. The van der Waals surface area contributed by atoms with Crippen molar-refractivity contribution in [2.45, 2.75) is 89.6 Å². The lowest BCUT2D eigenvalue weighted by atomic mass is 9.89. The number of anilines is 1. The maximum absolute atomic E-state index is 13.6. The van der Waals surface area contributed by atoms with Crippen LogP contribution in [0.5, 0.6) is 0 Å². The smallest absolute Gasteiger partial charge is 0.329 e. The lowest BCUT2D eigenvalue weighted by Gasteiger charge is -2.36. The number of fused-ring (bicyclic) bond motifs is 2. The van der Waals surface area contributed by atoms with Gasteiger partial charge in [-0.15, -0.1) is 0 Å². The van der Waals surface area contributed by atoms with Crippen molar-refractivity contribution in [2.75, 3.05) is 57.3 Å². The van der Waals surface area contributed by atoms with Gasteiger partial charge < -0.3 is 15.1 Å². The quantitative estimate of drug-likeness (QED) is 0.0961. The van der Waals surface area contributed by atoms with E-state index in [9.17, 15) is 23.6 Å². The average Bonchev–Trinajstić information content (AvgIpc) is 3.68. The first-order chi connectivity index (χ1) is 32.6. The molecular weight excluding hydrogens is 844 g/mol. The number of aromatic nitrogens is 2. The third-order valence-corrected chi connectivity index (χ3v) is 14.8. The number of amides is 5. The number of piperidine rings is 3. The number of nitrogens with one attached hydrogen (secondary N) is 2. The summed E-state index contributed by atoms with van der Waals surface area (Å²) in [5.74, 6) is 8.23. The van der Waals surface area contributed by atoms with E-state index in [0.717, 1.165) is 119 Å².